The van der Waals surface area contributed by atoms with Crippen LogP contribution in [0, 0.1) is 5.92 Å². The van der Waals surface area contributed by atoms with Crippen LogP contribution in [0.2, 0.25) is 0 Å². The third-order valence-electron chi connectivity index (χ3n) is 5.36. The van der Waals surface area contributed by atoms with Gasteiger partial charge in [0.05, 0.1) is 0 Å². The van der Waals surface area contributed by atoms with Crippen molar-refractivity contribution < 1.29 is 33.7 Å². The SMILES string of the molecule is CC(=O)OCC=CC1C(OC(C)=O)CC2Oc3c(CCCC(=O)O)cccc3C21. The number of carboxylic acid groups (broad SMARTS) is 1. The average Bonchev–Trinajstić information content (AvgIpc) is 3.14. The van der Waals surface area contributed by atoms with Crippen LogP contribution in [-0.4, -0.2) is 41.8 Å². The summed E-state index contributed by atoms with van der Waals surface area (Å²) in [5.74, 6) is -0.727. The Bertz CT molecular complexity index is 813. The topological polar surface area (TPSA) is 99.1 Å². The monoisotopic (exact) mass is 402 g/mol. The molecule has 0 amide bonds. The molecule has 1 saturated carbocycles. The number of hydrogen-bond acceptors (Lipinski definition) is 6. The summed E-state index contributed by atoms with van der Waals surface area (Å²) in [5, 5.41) is 8.88. The first-order valence-corrected chi connectivity index (χ1v) is 9.84. The van der Waals surface area contributed by atoms with Crippen LogP contribution >= 0.6 is 0 Å². The van der Waals surface area contributed by atoms with Crippen LogP contribution < -0.4 is 4.74 Å². The van der Waals surface area contributed by atoms with Gasteiger partial charge in [0.15, 0.2) is 0 Å². The number of esters is 2. The van der Waals surface area contributed by atoms with E-state index in [1.807, 2.05) is 24.3 Å². The number of rotatable bonds is 8. The normalized spacial score (nSPS) is 24.6. The third-order valence-corrected chi connectivity index (χ3v) is 5.36. The smallest absolute Gasteiger partial charge is 0.303 e. The number of para-hydroxylation sites is 1. The molecule has 0 saturated heterocycles. The molecule has 1 aromatic rings. The van der Waals surface area contributed by atoms with Crippen LogP contribution in [0.1, 0.15) is 50.2 Å². The summed E-state index contributed by atoms with van der Waals surface area (Å²) in [6, 6.07) is 5.94. The number of hydrogen-bond donors (Lipinski definition) is 1. The lowest BCUT2D eigenvalue weighted by Gasteiger charge is -2.21. The van der Waals surface area contributed by atoms with Crippen molar-refractivity contribution in [3.05, 3.63) is 41.5 Å². The Morgan fingerprint density at radius 3 is 2.72 bits per heavy atom. The van der Waals surface area contributed by atoms with E-state index in [4.69, 9.17) is 19.3 Å². The summed E-state index contributed by atoms with van der Waals surface area (Å²) in [6.07, 6.45) is 5.18. The molecule has 0 spiro atoms. The summed E-state index contributed by atoms with van der Waals surface area (Å²) in [5.41, 5.74) is 2.06. The second-order valence-electron chi connectivity index (χ2n) is 7.46. The van der Waals surface area contributed by atoms with Gasteiger partial charge in [-0.2, -0.15) is 0 Å². The van der Waals surface area contributed by atoms with Crippen molar-refractivity contribution in [3.8, 4) is 5.75 Å². The highest BCUT2D eigenvalue weighted by Gasteiger charge is 2.50. The summed E-state index contributed by atoms with van der Waals surface area (Å²) >= 11 is 0. The van der Waals surface area contributed by atoms with E-state index in [1.54, 1.807) is 6.08 Å². The van der Waals surface area contributed by atoms with E-state index in [1.165, 1.54) is 13.8 Å². The Morgan fingerprint density at radius 1 is 1.24 bits per heavy atom. The molecule has 29 heavy (non-hydrogen) atoms. The van der Waals surface area contributed by atoms with Gasteiger partial charge in [-0.15, -0.1) is 0 Å². The Balaban J connectivity index is 1.81. The molecule has 3 rings (SSSR count). The van der Waals surface area contributed by atoms with E-state index in [0.29, 0.717) is 19.3 Å². The van der Waals surface area contributed by atoms with Gasteiger partial charge in [-0.05, 0) is 18.4 Å². The van der Waals surface area contributed by atoms with Crippen molar-refractivity contribution in [3.63, 3.8) is 0 Å². The first-order chi connectivity index (χ1) is 13.9. The van der Waals surface area contributed by atoms with Gasteiger partial charge < -0.3 is 19.3 Å². The zero-order valence-electron chi connectivity index (χ0n) is 16.6. The molecule has 1 N–H and O–H groups in total. The molecular formula is C22H26O7. The molecule has 4 atom stereocenters. The second-order valence-corrected chi connectivity index (χ2v) is 7.46. The van der Waals surface area contributed by atoms with Gasteiger partial charge >= 0.3 is 17.9 Å². The van der Waals surface area contributed by atoms with Crippen LogP contribution in [0.3, 0.4) is 0 Å². The van der Waals surface area contributed by atoms with Crippen molar-refractivity contribution in [1.82, 2.24) is 0 Å². The predicted molar refractivity (Wildman–Crippen MR) is 104 cm³/mol. The maximum absolute atomic E-state index is 11.6. The molecule has 1 heterocycles. The molecule has 156 valence electrons. The van der Waals surface area contributed by atoms with Crippen LogP contribution in [0.4, 0.5) is 0 Å². The number of ether oxygens (including phenoxy) is 3. The zero-order chi connectivity index (χ0) is 21.0. The first-order valence-electron chi connectivity index (χ1n) is 9.84. The number of carbonyl (C=O) groups is 3. The number of aryl methyl sites for hydroxylation is 1. The molecule has 1 aliphatic carbocycles. The lowest BCUT2D eigenvalue weighted by molar-refractivity contribution is -0.147. The maximum Gasteiger partial charge on any atom is 0.303 e. The number of benzene rings is 1. The van der Waals surface area contributed by atoms with Crippen molar-refractivity contribution in [2.75, 3.05) is 6.61 Å². The van der Waals surface area contributed by atoms with Crippen molar-refractivity contribution in [1.29, 1.82) is 0 Å². The highest BCUT2D eigenvalue weighted by Crippen LogP contribution is 2.52. The van der Waals surface area contributed by atoms with Gasteiger partial charge in [0.2, 0.25) is 0 Å². The molecule has 1 fully saturated rings. The van der Waals surface area contributed by atoms with Crippen LogP contribution in [0.25, 0.3) is 0 Å². The van der Waals surface area contributed by atoms with Gasteiger partial charge in [-0.25, -0.2) is 0 Å². The van der Waals surface area contributed by atoms with Crippen molar-refractivity contribution in [2.45, 2.75) is 57.7 Å². The van der Waals surface area contributed by atoms with E-state index >= 15 is 0 Å². The molecule has 0 aromatic heterocycles. The Kier molecular flexibility index (Phi) is 6.56. The quantitative estimate of drug-likeness (QED) is 0.527. The maximum atomic E-state index is 11.6. The molecule has 0 radical (unpaired) electrons. The minimum atomic E-state index is -0.808. The molecular weight excluding hydrogens is 376 g/mol. The molecule has 1 aromatic carbocycles. The van der Waals surface area contributed by atoms with Crippen LogP contribution in [0.15, 0.2) is 30.4 Å². The fraction of sp³-hybridized carbons (Fsp3) is 0.500. The fourth-order valence-corrected chi connectivity index (χ4v) is 4.29. The summed E-state index contributed by atoms with van der Waals surface area (Å²) in [7, 11) is 0. The van der Waals surface area contributed by atoms with E-state index < -0.39 is 5.97 Å². The molecule has 1 aliphatic heterocycles. The van der Waals surface area contributed by atoms with Gasteiger partial charge in [-0.3, -0.25) is 14.4 Å². The summed E-state index contributed by atoms with van der Waals surface area (Å²) in [4.78, 5) is 33.3. The van der Waals surface area contributed by atoms with Crippen LogP contribution in [-0.2, 0) is 30.3 Å². The highest BCUT2D eigenvalue weighted by atomic mass is 16.6. The Morgan fingerprint density at radius 2 is 2.03 bits per heavy atom. The van der Waals surface area contributed by atoms with E-state index in [-0.39, 0.29) is 49.0 Å². The number of carbonyl (C=O) groups excluding carboxylic acids is 2. The largest absolute Gasteiger partial charge is 0.489 e. The van der Waals surface area contributed by atoms with E-state index in [9.17, 15) is 14.4 Å². The standard InChI is InChI=1S/C22H26O7/c1-13(23)27-11-5-9-16-18(28-14(2)24)12-19-21(16)17-8-3-6-15(22(17)29-19)7-4-10-20(25)26/h3,5-6,8-9,16,18-19,21H,4,7,10-12H2,1-2H3,(H,25,26). The lowest BCUT2D eigenvalue weighted by Crippen LogP contribution is -2.22. The minimum Gasteiger partial charge on any atom is -0.489 e. The molecule has 0 bridgehead atoms. The molecule has 7 heteroatoms. The van der Waals surface area contributed by atoms with Crippen molar-refractivity contribution >= 4 is 17.9 Å². The molecule has 2 aliphatic rings. The lowest BCUT2D eigenvalue weighted by atomic mass is 9.86. The van der Waals surface area contributed by atoms with Gasteiger partial charge in [-0.1, -0.05) is 30.4 Å². The zero-order valence-corrected chi connectivity index (χ0v) is 16.6. The summed E-state index contributed by atoms with van der Waals surface area (Å²) < 4.78 is 16.7. The Labute approximate surface area is 169 Å². The van der Waals surface area contributed by atoms with Gasteiger partial charge in [0.1, 0.15) is 24.6 Å². The second kappa shape index (κ2) is 9.11. The fourth-order valence-electron chi connectivity index (χ4n) is 4.29. The Hall–Kier alpha value is -2.83. The number of aliphatic carboxylic acids is 1. The van der Waals surface area contributed by atoms with Gasteiger partial charge in [0, 0.05) is 44.1 Å². The van der Waals surface area contributed by atoms with Gasteiger partial charge in [0.25, 0.3) is 0 Å². The third kappa shape index (κ3) is 4.96. The average molecular weight is 402 g/mol. The van der Waals surface area contributed by atoms with Crippen LogP contribution in [0.5, 0.6) is 5.75 Å². The summed E-state index contributed by atoms with van der Waals surface area (Å²) in [6.45, 7) is 2.91. The molecule has 7 nitrogen and oxygen atoms in total. The highest BCUT2D eigenvalue weighted by molar-refractivity contribution is 5.67. The predicted octanol–water partition coefficient (Wildman–Crippen LogP) is 3.01. The van der Waals surface area contributed by atoms with E-state index in [0.717, 1.165) is 16.9 Å². The number of fused-ring (bicyclic) bond motifs is 3. The van der Waals surface area contributed by atoms with E-state index in [2.05, 4.69) is 0 Å². The molecule has 4 unspecified atom stereocenters. The number of carboxylic acids is 1. The van der Waals surface area contributed by atoms with Crippen molar-refractivity contribution in [2.24, 2.45) is 5.92 Å². The minimum absolute atomic E-state index is 0.0300. The first kappa shape index (κ1) is 20.9.